The number of likely N-dealkylation sites (tertiary alicyclic amines) is 1. The Labute approximate surface area is 250 Å². The van der Waals surface area contributed by atoms with E-state index in [1.54, 1.807) is 42.1 Å². The molecule has 10 heteroatoms. The fraction of sp³-hybridized carbons (Fsp3) is 0.485. The van der Waals surface area contributed by atoms with E-state index < -0.39 is 6.43 Å². The maximum atomic E-state index is 14.5. The molecule has 0 unspecified atom stereocenters. The van der Waals surface area contributed by atoms with E-state index in [2.05, 4.69) is 27.4 Å². The summed E-state index contributed by atoms with van der Waals surface area (Å²) in [5.74, 6) is 0.838. The topological polar surface area (TPSA) is 73.7 Å². The summed E-state index contributed by atoms with van der Waals surface area (Å²) < 4.78 is 30.7. The van der Waals surface area contributed by atoms with E-state index in [1.807, 2.05) is 11.0 Å². The van der Waals surface area contributed by atoms with Gasteiger partial charge in [-0.15, -0.1) is 0 Å². The number of amides is 3. The number of urea groups is 1. The van der Waals surface area contributed by atoms with Crippen molar-refractivity contribution in [2.75, 3.05) is 31.6 Å². The van der Waals surface area contributed by atoms with E-state index in [4.69, 9.17) is 0 Å². The number of hydrogen-bond acceptors (Lipinski definition) is 4. The summed E-state index contributed by atoms with van der Waals surface area (Å²) in [5, 5.41) is 6.97. The lowest BCUT2D eigenvalue weighted by Gasteiger charge is -2.36. The van der Waals surface area contributed by atoms with Crippen molar-refractivity contribution in [1.29, 1.82) is 0 Å². The van der Waals surface area contributed by atoms with Crippen molar-refractivity contribution < 1.29 is 18.4 Å². The van der Waals surface area contributed by atoms with Gasteiger partial charge >= 0.3 is 6.03 Å². The van der Waals surface area contributed by atoms with Crippen LogP contribution in [0.2, 0.25) is 0 Å². The Morgan fingerprint density at radius 1 is 0.953 bits per heavy atom. The molecule has 2 fully saturated rings. The number of nitrogens with zero attached hydrogens (tertiary/aromatic N) is 5. The molecule has 7 rings (SSSR count). The number of benzene rings is 2. The Bertz CT molecular complexity index is 1570. The van der Waals surface area contributed by atoms with Crippen LogP contribution in [-0.4, -0.2) is 58.2 Å². The van der Waals surface area contributed by atoms with Crippen LogP contribution in [0.4, 0.5) is 25.0 Å². The van der Waals surface area contributed by atoms with Crippen molar-refractivity contribution in [2.45, 2.75) is 64.0 Å². The fourth-order valence-electron chi connectivity index (χ4n) is 7.21. The number of rotatable bonds is 5. The van der Waals surface area contributed by atoms with Gasteiger partial charge in [0.1, 0.15) is 0 Å². The van der Waals surface area contributed by atoms with Crippen LogP contribution in [-0.2, 0) is 31.4 Å². The van der Waals surface area contributed by atoms with E-state index in [1.165, 1.54) is 5.56 Å². The van der Waals surface area contributed by atoms with Gasteiger partial charge in [-0.1, -0.05) is 6.07 Å². The van der Waals surface area contributed by atoms with Crippen molar-refractivity contribution in [3.8, 4) is 11.1 Å². The molecule has 3 aromatic rings. The number of carbonyl (C=O) groups excluding carboxylic acids is 2. The van der Waals surface area contributed by atoms with Crippen LogP contribution >= 0.6 is 0 Å². The maximum absolute atomic E-state index is 14.5. The Kier molecular flexibility index (Phi) is 7.10. The standard InChI is InChI=1S/C33H38F2N6O2/c1-36-33(43)40-18-24-12-23(20-7-10-39(11-8-20)32(42)21-5-6-21)14-30(28(24)19-40)41-9-3-4-22-13-26(25-16-37-38(2)17-25)27(31(34)35)15-29(22)41/h12-17,20-21,31H,3-11,18-19H2,1-2H3,(H,36,43). The number of halogens is 2. The molecule has 4 aliphatic rings. The van der Waals surface area contributed by atoms with Gasteiger partial charge in [0.05, 0.1) is 12.7 Å². The summed E-state index contributed by atoms with van der Waals surface area (Å²) in [6.45, 7) is 3.22. The Morgan fingerprint density at radius 2 is 1.74 bits per heavy atom. The normalized spacial score (nSPS) is 18.7. The summed E-state index contributed by atoms with van der Waals surface area (Å²) in [6.07, 6.45) is 6.33. The number of aromatic nitrogens is 2. The van der Waals surface area contributed by atoms with E-state index in [0.29, 0.717) is 42.6 Å². The maximum Gasteiger partial charge on any atom is 0.317 e. The molecular weight excluding hydrogens is 550 g/mol. The lowest BCUT2D eigenvalue weighted by Crippen LogP contribution is -2.38. The van der Waals surface area contributed by atoms with E-state index in [9.17, 15) is 18.4 Å². The van der Waals surface area contributed by atoms with Crippen molar-refractivity contribution in [3.05, 3.63) is 64.5 Å². The highest BCUT2D eigenvalue weighted by Gasteiger charge is 2.36. The minimum Gasteiger partial charge on any atom is -0.342 e. The second-order valence-corrected chi connectivity index (χ2v) is 12.5. The second-order valence-electron chi connectivity index (χ2n) is 12.5. The average molecular weight is 589 g/mol. The van der Waals surface area contributed by atoms with Gasteiger partial charge in [0, 0.05) is 80.5 Å². The number of piperidine rings is 1. The highest BCUT2D eigenvalue weighted by molar-refractivity contribution is 5.82. The predicted molar refractivity (Wildman–Crippen MR) is 160 cm³/mol. The number of alkyl halides is 2. The third kappa shape index (κ3) is 5.14. The zero-order chi connectivity index (χ0) is 29.8. The Morgan fingerprint density at radius 3 is 2.42 bits per heavy atom. The molecule has 1 N–H and O–H groups in total. The van der Waals surface area contributed by atoms with Crippen molar-refractivity contribution in [1.82, 2.24) is 24.9 Å². The molecule has 0 radical (unpaired) electrons. The second kappa shape index (κ2) is 11.0. The van der Waals surface area contributed by atoms with Crippen LogP contribution in [0.25, 0.3) is 11.1 Å². The molecule has 0 atom stereocenters. The third-order valence-corrected chi connectivity index (χ3v) is 9.67. The largest absolute Gasteiger partial charge is 0.342 e. The summed E-state index contributed by atoms with van der Waals surface area (Å²) in [4.78, 5) is 31.4. The average Bonchev–Trinajstić information content (AvgIpc) is 3.64. The smallest absolute Gasteiger partial charge is 0.317 e. The predicted octanol–water partition coefficient (Wildman–Crippen LogP) is 5.88. The first-order chi connectivity index (χ1) is 20.8. The van der Waals surface area contributed by atoms with Gasteiger partial charge in [0.25, 0.3) is 6.43 Å². The quantitative estimate of drug-likeness (QED) is 0.404. The Balaban J connectivity index is 1.27. The van der Waals surface area contributed by atoms with Gasteiger partial charge in [-0.25, -0.2) is 13.6 Å². The number of carbonyl (C=O) groups is 2. The molecule has 1 saturated carbocycles. The summed E-state index contributed by atoms with van der Waals surface area (Å²) in [6, 6.07) is 7.95. The first kappa shape index (κ1) is 27.9. The van der Waals surface area contributed by atoms with E-state index >= 15 is 0 Å². The van der Waals surface area contributed by atoms with Gasteiger partial charge in [-0.05, 0) is 84.9 Å². The highest BCUT2D eigenvalue weighted by atomic mass is 19.3. The van der Waals surface area contributed by atoms with Gasteiger partial charge in [-0.3, -0.25) is 9.48 Å². The number of nitrogens with one attached hydrogen (secondary N) is 1. The molecule has 0 spiro atoms. The molecular formula is C33H38F2N6O2. The number of hydrogen-bond donors (Lipinski definition) is 1. The van der Waals surface area contributed by atoms with E-state index in [-0.39, 0.29) is 17.5 Å². The van der Waals surface area contributed by atoms with Crippen molar-refractivity contribution >= 4 is 23.3 Å². The molecule has 1 aliphatic carbocycles. The van der Waals surface area contributed by atoms with Gasteiger partial charge < -0.3 is 20.0 Å². The summed E-state index contributed by atoms with van der Waals surface area (Å²) in [5.41, 5.74) is 7.49. The number of anilines is 2. The molecule has 3 aliphatic heterocycles. The van der Waals surface area contributed by atoms with Gasteiger partial charge in [0.15, 0.2) is 0 Å². The molecule has 1 saturated heterocycles. The molecule has 43 heavy (non-hydrogen) atoms. The first-order valence-corrected chi connectivity index (χ1v) is 15.4. The number of aryl methyl sites for hydroxylation is 2. The Hall–Kier alpha value is -3.95. The van der Waals surface area contributed by atoms with Crippen molar-refractivity contribution in [2.24, 2.45) is 13.0 Å². The first-order valence-electron chi connectivity index (χ1n) is 15.4. The molecule has 8 nitrogen and oxygen atoms in total. The summed E-state index contributed by atoms with van der Waals surface area (Å²) in [7, 11) is 3.43. The third-order valence-electron chi connectivity index (χ3n) is 9.67. The monoisotopic (exact) mass is 588 g/mol. The van der Waals surface area contributed by atoms with Crippen LogP contribution in [0.1, 0.15) is 72.3 Å². The fourth-order valence-corrected chi connectivity index (χ4v) is 7.21. The minimum atomic E-state index is -2.63. The van der Waals surface area contributed by atoms with Crippen LogP contribution in [0.15, 0.2) is 36.7 Å². The molecule has 4 heterocycles. The molecule has 3 amide bonds. The molecule has 1 aromatic heterocycles. The molecule has 2 aromatic carbocycles. The van der Waals surface area contributed by atoms with E-state index in [0.717, 1.165) is 79.7 Å². The van der Waals surface area contributed by atoms with Crippen LogP contribution in [0.5, 0.6) is 0 Å². The zero-order valence-electron chi connectivity index (χ0n) is 24.8. The van der Waals surface area contributed by atoms with Crippen LogP contribution < -0.4 is 10.2 Å². The van der Waals surface area contributed by atoms with Gasteiger partial charge in [-0.2, -0.15) is 5.10 Å². The molecule has 0 bridgehead atoms. The zero-order valence-corrected chi connectivity index (χ0v) is 24.8. The van der Waals surface area contributed by atoms with Crippen LogP contribution in [0, 0.1) is 5.92 Å². The van der Waals surface area contributed by atoms with Gasteiger partial charge in [0.2, 0.25) is 5.91 Å². The number of fused-ring (bicyclic) bond motifs is 2. The SMILES string of the molecule is CNC(=O)N1Cc2cc(C3CCN(C(=O)C4CC4)CC3)cc(N3CCCc4cc(-c5cnn(C)c5)c(C(F)F)cc43)c2C1. The minimum absolute atomic E-state index is 0.00568. The lowest BCUT2D eigenvalue weighted by atomic mass is 9.86. The highest BCUT2D eigenvalue weighted by Crippen LogP contribution is 2.45. The van der Waals surface area contributed by atoms with Crippen LogP contribution in [0.3, 0.4) is 0 Å². The van der Waals surface area contributed by atoms with Crippen molar-refractivity contribution in [3.63, 3.8) is 0 Å². The summed E-state index contributed by atoms with van der Waals surface area (Å²) >= 11 is 0. The lowest BCUT2D eigenvalue weighted by molar-refractivity contribution is -0.133. The molecule has 226 valence electrons.